The second-order valence-electron chi connectivity index (χ2n) is 5.23. The summed E-state index contributed by atoms with van der Waals surface area (Å²) >= 11 is 1.10. The van der Waals surface area contributed by atoms with Crippen LogP contribution in [-0.2, 0) is 11.3 Å². The van der Waals surface area contributed by atoms with Crippen LogP contribution in [0.4, 0.5) is 5.69 Å². The van der Waals surface area contributed by atoms with Crippen LogP contribution in [0.25, 0.3) is 11.5 Å². The van der Waals surface area contributed by atoms with E-state index in [-0.39, 0.29) is 28.5 Å². The number of amides is 1. The molecule has 0 radical (unpaired) electrons. The van der Waals surface area contributed by atoms with Crippen LogP contribution in [0.2, 0.25) is 0 Å². The molecule has 0 saturated carbocycles. The van der Waals surface area contributed by atoms with E-state index in [2.05, 4.69) is 15.5 Å². The lowest BCUT2D eigenvalue weighted by molar-refractivity contribution is -0.384. The number of hydrogen-bond donors (Lipinski definition) is 1. The molecule has 0 aliphatic carbocycles. The second kappa shape index (κ2) is 8.26. The van der Waals surface area contributed by atoms with Gasteiger partial charge in [0, 0.05) is 24.2 Å². The molecule has 0 bridgehead atoms. The third-order valence-corrected chi connectivity index (χ3v) is 4.19. The molecule has 1 N–H and O–H groups in total. The van der Waals surface area contributed by atoms with E-state index in [4.69, 9.17) is 4.42 Å². The van der Waals surface area contributed by atoms with Crippen LogP contribution in [0.15, 0.2) is 64.2 Å². The van der Waals surface area contributed by atoms with Crippen LogP contribution >= 0.6 is 11.8 Å². The van der Waals surface area contributed by atoms with Gasteiger partial charge in [-0.1, -0.05) is 48.2 Å². The summed E-state index contributed by atoms with van der Waals surface area (Å²) < 4.78 is 5.46. The number of nitrogens with zero attached hydrogens (tertiary/aromatic N) is 3. The highest BCUT2D eigenvalue weighted by Crippen LogP contribution is 2.25. The number of carbonyl (C=O) groups excluding carboxylic acids is 1. The van der Waals surface area contributed by atoms with E-state index in [1.807, 2.05) is 30.3 Å². The van der Waals surface area contributed by atoms with Crippen molar-refractivity contribution in [1.29, 1.82) is 0 Å². The van der Waals surface area contributed by atoms with Gasteiger partial charge >= 0.3 is 0 Å². The Morgan fingerprint density at radius 2 is 1.96 bits per heavy atom. The number of nitrogens with one attached hydrogen (secondary N) is 1. The fourth-order valence-corrected chi connectivity index (χ4v) is 2.71. The van der Waals surface area contributed by atoms with Crippen molar-refractivity contribution < 1.29 is 14.1 Å². The van der Waals surface area contributed by atoms with E-state index in [1.54, 1.807) is 12.1 Å². The minimum absolute atomic E-state index is 0.0600. The smallest absolute Gasteiger partial charge is 0.277 e. The topological polar surface area (TPSA) is 111 Å². The molecule has 26 heavy (non-hydrogen) atoms. The first-order valence-corrected chi connectivity index (χ1v) is 8.62. The molecule has 3 rings (SSSR count). The normalized spacial score (nSPS) is 10.5. The Balaban J connectivity index is 1.54. The van der Waals surface area contributed by atoms with E-state index in [1.165, 1.54) is 12.1 Å². The maximum absolute atomic E-state index is 11.9. The summed E-state index contributed by atoms with van der Waals surface area (Å²) in [6.07, 6.45) is 0. The average Bonchev–Trinajstić information content (AvgIpc) is 3.15. The van der Waals surface area contributed by atoms with Gasteiger partial charge in [0.1, 0.15) is 0 Å². The zero-order chi connectivity index (χ0) is 18.4. The first-order valence-electron chi connectivity index (χ1n) is 7.63. The van der Waals surface area contributed by atoms with Crippen molar-refractivity contribution in [2.75, 3.05) is 5.75 Å². The van der Waals surface area contributed by atoms with Crippen molar-refractivity contribution in [2.24, 2.45) is 0 Å². The van der Waals surface area contributed by atoms with E-state index in [0.717, 1.165) is 17.3 Å². The van der Waals surface area contributed by atoms with Crippen LogP contribution < -0.4 is 5.32 Å². The Bertz CT molecular complexity index is 914. The molecule has 8 nitrogen and oxygen atoms in total. The van der Waals surface area contributed by atoms with Crippen molar-refractivity contribution in [1.82, 2.24) is 15.5 Å². The minimum Gasteiger partial charge on any atom is -0.411 e. The fourth-order valence-electron chi connectivity index (χ4n) is 2.11. The maximum Gasteiger partial charge on any atom is 0.277 e. The lowest BCUT2D eigenvalue weighted by Crippen LogP contribution is -2.24. The molecule has 132 valence electrons. The quantitative estimate of drug-likeness (QED) is 0.386. The van der Waals surface area contributed by atoms with Crippen LogP contribution in [0.3, 0.4) is 0 Å². The Morgan fingerprint density at radius 1 is 1.15 bits per heavy atom. The number of benzene rings is 2. The fraction of sp³-hybridized carbons (Fsp3) is 0.118. The third kappa shape index (κ3) is 4.67. The van der Waals surface area contributed by atoms with Crippen LogP contribution in [0.5, 0.6) is 0 Å². The first kappa shape index (κ1) is 17.6. The molecule has 1 heterocycles. The van der Waals surface area contributed by atoms with Gasteiger partial charge in [-0.25, -0.2) is 0 Å². The SMILES string of the molecule is O=C(CSc1nnc(-c2cccc([N+](=O)[O-])c2)o1)NCc1ccccc1. The van der Waals surface area contributed by atoms with Crippen LogP contribution in [0.1, 0.15) is 5.56 Å². The summed E-state index contributed by atoms with van der Waals surface area (Å²) in [6, 6.07) is 15.5. The van der Waals surface area contributed by atoms with Gasteiger partial charge < -0.3 is 9.73 Å². The Kier molecular flexibility index (Phi) is 5.59. The molecule has 0 saturated heterocycles. The number of rotatable bonds is 7. The minimum atomic E-state index is -0.493. The lowest BCUT2D eigenvalue weighted by atomic mass is 10.2. The number of nitro benzene ring substituents is 1. The molecule has 3 aromatic rings. The Hall–Kier alpha value is -3.20. The summed E-state index contributed by atoms with van der Waals surface area (Å²) in [5.41, 5.74) is 1.40. The summed E-state index contributed by atoms with van der Waals surface area (Å²) in [7, 11) is 0. The Morgan fingerprint density at radius 3 is 2.73 bits per heavy atom. The highest BCUT2D eigenvalue weighted by molar-refractivity contribution is 7.99. The molecule has 1 aromatic heterocycles. The highest BCUT2D eigenvalue weighted by atomic mass is 32.2. The van der Waals surface area contributed by atoms with Gasteiger partial charge in [-0.15, -0.1) is 10.2 Å². The Labute approximate surface area is 152 Å². The van der Waals surface area contributed by atoms with Crippen molar-refractivity contribution >= 4 is 23.4 Å². The first-order chi connectivity index (χ1) is 12.6. The molecule has 0 atom stereocenters. The van der Waals surface area contributed by atoms with Crippen LogP contribution in [0, 0.1) is 10.1 Å². The molecule has 0 unspecified atom stereocenters. The molecule has 1 amide bonds. The molecular weight excluding hydrogens is 356 g/mol. The monoisotopic (exact) mass is 370 g/mol. The van der Waals surface area contributed by atoms with Gasteiger partial charge in [0.15, 0.2) is 0 Å². The van der Waals surface area contributed by atoms with Crippen molar-refractivity contribution in [3.8, 4) is 11.5 Å². The van der Waals surface area contributed by atoms with Crippen molar-refractivity contribution in [3.05, 3.63) is 70.3 Å². The third-order valence-electron chi connectivity index (χ3n) is 3.37. The van der Waals surface area contributed by atoms with Crippen LogP contribution in [-0.4, -0.2) is 26.8 Å². The highest BCUT2D eigenvalue weighted by Gasteiger charge is 2.14. The molecule has 9 heteroatoms. The summed E-state index contributed by atoms with van der Waals surface area (Å²) in [5, 5.41) is 21.6. The molecule has 0 aliphatic rings. The summed E-state index contributed by atoms with van der Waals surface area (Å²) in [5.74, 6) is 0.137. The predicted octanol–water partition coefficient (Wildman–Crippen LogP) is 3.05. The standard InChI is InChI=1S/C17H14N4O4S/c22-15(18-10-12-5-2-1-3-6-12)11-26-17-20-19-16(25-17)13-7-4-8-14(9-13)21(23)24/h1-9H,10-11H2,(H,18,22). The molecular formula is C17H14N4O4S. The molecule has 0 aliphatic heterocycles. The number of nitro groups is 1. The predicted molar refractivity (Wildman–Crippen MR) is 95.4 cm³/mol. The van der Waals surface area contributed by atoms with Gasteiger partial charge in [0.05, 0.1) is 10.7 Å². The zero-order valence-corrected chi connectivity index (χ0v) is 14.3. The van der Waals surface area contributed by atoms with Gasteiger partial charge in [-0.2, -0.15) is 0 Å². The average molecular weight is 370 g/mol. The largest absolute Gasteiger partial charge is 0.411 e. The number of carbonyl (C=O) groups is 1. The van der Waals surface area contributed by atoms with Gasteiger partial charge in [-0.05, 0) is 11.6 Å². The van der Waals surface area contributed by atoms with Crippen molar-refractivity contribution in [2.45, 2.75) is 11.8 Å². The maximum atomic E-state index is 11.9. The summed E-state index contributed by atoms with van der Waals surface area (Å²) in [4.78, 5) is 22.2. The molecule has 0 fully saturated rings. The van der Waals surface area contributed by atoms with Crippen molar-refractivity contribution in [3.63, 3.8) is 0 Å². The summed E-state index contributed by atoms with van der Waals surface area (Å²) in [6.45, 7) is 0.447. The number of aromatic nitrogens is 2. The van der Waals surface area contributed by atoms with E-state index in [9.17, 15) is 14.9 Å². The van der Waals surface area contributed by atoms with E-state index < -0.39 is 4.92 Å². The van der Waals surface area contributed by atoms with Gasteiger partial charge in [-0.3, -0.25) is 14.9 Å². The number of hydrogen-bond acceptors (Lipinski definition) is 7. The second-order valence-corrected chi connectivity index (χ2v) is 6.16. The lowest BCUT2D eigenvalue weighted by Gasteiger charge is -2.03. The van der Waals surface area contributed by atoms with E-state index in [0.29, 0.717) is 12.1 Å². The molecule has 2 aromatic carbocycles. The molecule has 0 spiro atoms. The number of non-ortho nitro benzene ring substituents is 1. The zero-order valence-electron chi connectivity index (χ0n) is 13.5. The number of thioether (sulfide) groups is 1. The van der Waals surface area contributed by atoms with Gasteiger partial charge in [0.25, 0.3) is 10.9 Å². The van der Waals surface area contributed by atoms with E-state index >= 15 is 0 Å². The van der Waals surface area contributed by atoms with Gasteiger partial charge in [0.2, 0.25) is 11.8 Å².